The van der Waals surface area contributed by atoms with E-state index in [0.717, 1.165) is 4.90 Å². The number of carbonyl (C=O) groups is 1. The number of hydrogen-bond acceptors (Lipinski definition) is 3. The lowest BCUT2D eigenvalue weighted by molar-refractivity contribution is 0.0229. The lowest BCUT2D eigenvalue weighted by Crippen LogP contribution is -2.48. The van der Waals surface area contributed by atoms with Crippen LogP contribution >= 0.6 is 0 Å². The topological polar surface area (TPSA) is 41.6 Å². The molecule has 0 radical (unpaired) electrons. The molecular formula is C9H18N2O2. The fourth-order valence-electron chi connectivity index (χ4n) is 0.788. The van der Waals surface area contributed by atoms with Crippen molar-refractivity contribution < 1.29 is 15.0 Å². The summed E-state index contributed by atoms with van der Waals surface area (Å²) in [6.45, 7) is 0.352. The van der Waals surface area contributed by atoms with Crippen LogP contribution in [-0.4, -0.2) is 42.7 Å². The average molecular weight is 190 g/mol. The highest BCUT2D eigenvalue weighted by Crippen LogP contribution is 2.09. The van der Waals surface area contributed by atoms with E-state index < -0.39 is 37.8 Å². The predicted octanol–water partition coefficient (Wildman–Crippen LogP) is 0.827. The fourth-order valence-corrected chi connectivity index (χ4v) is 0.788. The molecule has 0 saturated carbocycles. The summed E-state index contributed by atoms with van der Waals surface area (Å²) in [6.07, 6.45) is -0.825. The number of hydrogen-bond donors (Lipinski definition) is 1. The normalized spacial score (nSPS) is 45.6. The second-order valence-electron chi connectivity index (χ2n) is 3.69. The molecule has 1 fully saturated rings. The Labute approximate surface area is 84.9 Å². The van der Waals surface area contributed by atoms with Gasteiger partial charge in [0.25, 0.3) is 0 Å². The molecule has 1 amide bonds. The zero-order valence-electron chi connectivity index (χ0n) is 12.1. The molecule has 13 heavy (non-hydrogen) atoms. The zero-order valence-corrected chi connectivity index (χ0v) is 8.07. The van der Waals surface area contributed by atoms with Crippen LogP contribution < -0.4 is 5.32 Å². The molecule has 0 aromatic carbocycles. The number of amides is 1. The third kappa shape index (κ3) is 3.63. The van der Waals surface area contributed by atoms with Crippen molar-refractivity contribution in [1.29, 1.82) is 0 Å². The molecule has 76 valence electrons. The van der Waals surface area contributed by atoms with Gasteiger partial charge in [-0.15, -0.1) is 0 Å². The summed E-state index contributed by atoms with van der Waals surface area (Å²) in [5.74, 6) is 0. The first-order valence-electron chi connectivity index (χ1n) is 6.41. The summed E-state index contributed by atoms with van der Waals surface area (Å²) in [4.78, 5) is 12.6. The quantitative estimate of drug-likeness (QED) is 0.615. The van der Waals surface area contributed by atoms with Crippen LogP contribution in [0, 0.1) is 0 Å². The molecule has 4 nitrogen and oxygen atoms in total. The van der Waals surface area contributed by atoms with Gasteiger partial charge in [-0.25, -0.2) is 4.79 Å². The summed E-state index contributed by atoms with van der Waals surface area (Å²) >= 11 is 0. The lowest BCUT2D eigenvalue weighted by atomic mass is 10.2. The second kappa shape index (κ2) is 3.96. The summed E-state index contributed by atoms with van der Waals surface area (Å²) in [6, 6.07) is 0. The number of carbonyl (C=O) groups excluding carboxylic acids is 1. The predicted molar refractivity (Wildman–Crippen MR) is 50.7 cm³/mol. The third-order valence-corrected chi connectivity index (χ3v) is 1.27. The van der Waals surface area contributed by atoms with E-state index in [1.165, 1.54) is 0 Å². The molecule has 0 aliphatic carbocycles. The zero-order chi connectivity index (χ0) is 13.4. The third-order valence-electron chi connectivity index (χ3n) is 1.27. The Balaban J connectivity index is 2.81. The van der Waals surface area contributed by atoms with Gasteiger partial charge in [-0.3, -0.25) is 0 Å². The smallest absolute Gasteiger partial charge is 0.410 e. The molecule has 4 unspecified atom stereocenters. The van der Waals surface area contributed by atoms with Crippen molar-refractivity contribution in [3.8, 4) is 0 Å². The first kappa shape index (κ1) is 5.86. The summed E-state index contributed by atoms with van der Waals surface area (Å²) in [5.41, 5.74) is -0.726. The molecule has 1 aliphatic rings. The highest BCUT2D eigenvalue weighted by atomic mass is 16.6. The minimum absolute atomic E-state index is 0.726. The van der Waals surface area contributed by atoms with Crippen LogP contribution in [0.3, 0.4) is 0 Å². The minimum atomic E-state index is -1.24. The first-order chi connectivity index (χ1) is 7.63. The van der Waals surface area contributed by atoms with Crippen molar-refractivity contribution >= 4 is 6.09 Å². The molecule has 0 aromatic rings. The molecular weight excluding hydrogens is 168 g/mol. The average Bonchev–Trinajstić information content (AvgIpc) is 2.12. The first-order valence-corrected chi connectivity index (χ1v) is 4.10. The Kier molecular flexibility index (Phi) is 1.78. The minimum Gasteiger partial charge on any atom is -0.444 e. The van der Waals surface area contributed by atoms with Gasteiger partial charge in [-0.05, 0) is 20.8 Å². The molecule has 4 atom stereocenters. The highest BCUT2D eigenvalue weighted by Gasteiger charge is 2.22. The van der Waals surface area contributed by atoms with E-state index in [2.05, 4.69) is 5.32 Å². The molecule has 1 N–H and O–H groups in total. The van der Waals surface area contributed by atoms with E-state index >= 15 is 0 Å². The maximum absolute atomic E-state index is 11.8. The molecule has 1 rings (SSSR count). The van der Waals surface area contributed by atoms with Crippen LogP contribution in [0.4, 0.5) is 4.79 Å². The molecule has 1 heterocycles. The maximum Gasteiger partial charge on any atom is 0.410 e. The Morgan fingerprint density at radius 2 is 2.00 bits per heavy atom. The van der Waals surface area contributed by atoms with Crippen molar-refractivity contribution in [2.45, 2.75) is 26.4 Å². The Bertz CT molecular complexity index is 283. The van der Waals surface area contributed by atoms with Gasteiger partial charge in [0.1, 0.15) is 5.60 Å². The van der Waals surface area contributed by atoms with Crippen LogP contribution in [0.1, 0.15) is 26.3 Å². The number of piperazine rings is 1. The van der Waals surface area contributed by atoms with Gasteiger partial charge in [-0.1, -0.05) is 0 Å². The standard InChI is InChI=1S/C9H18N2O2/c1-9(2,3)13-8(12)11-6-4-10-5-7-11/h10H,4-7H2,1-3H3/i4D,5D,6D,7D. The summed E-state index contributed by atoms with van der Waals surface area (Å²) in [7, 11) is 0. The van der Waals surface area contributed by atoms with Crippen LogP contribution in [0.2, 0.25) is 0 Å². The van der Waals surface area contributed by atoms with Crippen LogP contribution in [0.5, 0.6) is 0 Å². The van der Waals surface area contributed by atoms with E-state index in [-0.39, 0.29) is 0 Å². The van der Waals surface area contributed by atoms with Crippen molar-refractivity contribution in [3.63, 3.8) is 0 Å². The number of ether oxygens (including phenoxy) is 1. The Hall–Kier alpha value is -0.770. The van der Waals surface area contributed by atoms with Gasteiger partial charge in [0.05, 0.1) is 2.74 Å². The highest BCUT2D eigenvalue weighted by molar-refractivity contribution is 5.68. The Morgan fingerprint density at radius 3 is 2.46 bits per heavy atom. The number of nitrogens with zero attached hydrogens (tertiary/aromatic N) is 1. The van der Waals surface area contributed by atoms with Gasteiger partial charge in [0.15, 0.2) is 0 Å². The van der Waals surface area contributed by atoms with Crippen LogP contribution in [0.15, 0.2) is 0 Å². The summed E-state index contributed by atoms with van der Waals surface area (Å²) < 4.78 is 35.4. The van der Waals surface area contributed by atoms with Crippen molar-refractivity contribution in [3.05, 3.63) is 0 Å². The summed E-state index contributed by atoms with van der Waals surface area (Å²) in [5, 5.41) is 2.44. The fraction of sp³-hybridized carbons (Fsp3) is 0.889. The molecule has 1 aliphatic heterocycles. The van der Waals surface area contributed by atoms with Gasteiger partial charge in [0.2, 0.25) is 0 Å². The lowest BCUT2D eigenvalue weighted by Gasteiger charge is -2.30. The number of nitrogens with one attached hydrogen (secondary N) is 1. The maximum atomic E-state index is 11.8. The van der Waals surface area contributed by atoms with Gasteiger partial charge in [-0.2, -0.15) is 0 Å². The second-order valence-corrected chi connectivity index (χ2v) is 3.69. The van der Waals surface area contributed by atoms with E-state index in [1.807, 2.05) is 0 Å². The molecule has 1 saturated heterocycles. The van der Waals surface area contributed by atoms with Crippen LogP contribution in [0.25, 0.3) is 0 Å². The molecule has 0 aromatic heterocycles. The number of rotatable bonds is 0. The molecule has 0 bridgehead atoms. The van der Waals surface area contributed by atoms with Crippen molar-refractivity contribution in [1.82, 2.24) is 10.2 Å². The largest absolute Gasteiger partial charge is 0.444 e. The van der Waals surface area contributed by atoms with E-state index in [0.29, 0.717) is 0 Å². The van der Waals surface area contributed by atoms with Gasteiger partial charge < -0.3 is 15.0 Å². The molecule has 4 heteroatoms. The Morgan fingerprint density at radius 1 is 1.46 bits per heavy atom. The van der Waals surface area contributed by atoms with Gasteiger partial charge >= 0.3 is 6.09 Å². The molecule has 0 spiro atoms. The van der Waals surface area contributed by atoms with Crippen molar-refractivity contribution in [2.24, 2.45) is 0 Å². The van der Waals surface area contributed by atoms with Gasteiger partial charge in [0, 0.05) is 28.8 Å². The van der Waals surface area contributed by atoms with E-state index in [1.54, 1.807) is 20.8 Å². The van der Waals surface area contributed by atoms with Crippen LogP contribution in [-0.2, 0) is 4.74 Å². The monoisotopic (exact) mass is 190 g/mol. The van der Waals surface area contributed by atoms with Crippen molar-refractivity contribution in [2.75, 3.05) is 26.1 Å². The van der Waals surface area contributed by atoms with E-state index in [4.69, 9.17) is 10.2 Å². The van der Waals surface area contributed by atoms with E-state index in [9.17, 15) is 4.79 Å². The SMILES string of the molecule is [2H]C1NC([2H])C([2H])N(C(=O)OC(C)(C)C)C1[2H].